The molecule has 1 amide bonds. The fourth-order valence-electron chi connectivity index (χ4n) is 2.68. The van der Waals surface area contributed by atoms with Gasteiger partial charge < -0.3 is 14.9 Å². The van der Waals surface area contributed by atoms with Gasteiger partial charge in [0.1, 0.15) is 5.72 Å². The monoisotopic (exact) mass is 279 g/mol. The third-order valence-electron chi connectivity index (χ3n) is 3.37. The van der Waals surface area contributed by atoms with Crippen molar-refractivity contribution in [2.75, 3.05) is 0 Å². The number of hydrogen-bond donors (Lipinski definition) is 2. The first-order chi connectivity index (χ1) is 9.33. The molecular weight excluding hydrogens is 262 g/mol. The molecule has 0 aromatic heterocycles. The fraction of sp³-hybridized carbons (Fsp3) is 0.429. The molecule has 0 aliphatic carbocycles. The normalized spacial score (nSPS) is 24.6. The Hall–Kier alpha value is -2.08. The first kappa shape index (κ1) is 14.3. The third-order valence-corrected chi connectivity index (χ3v) is 3.37. The number of aliphatic carboxylic acids is 1. The zero-order valence-electron chi connectivity index (χ0n) is 11.3. The van der Waals surface area contributed by atoms with E-state index in [0.29, 0.717) is 0 Å². The summed E-state index contributed by atoms with van der Waals surface area (Å²) >= 11 is 0. The highest BCUT2D eigenvalue weighted by molar-refractivity contribution is 5.70. The highest BCUT2D eigenvalue weighted by Crippen LogP contribution is 2.42. The fourth-order valence-corrected chi connectivity index (χ4v) is 2.68. The van der Waals surface area contributed by atoms with Gasteiger partial charge in [-0.3, -0.25) is 9.69 Å². The summed E-state index contributed by atoms with van der Waals surface area (Å²) in [7, 11) is 0. The summed E-state index contributed by atoms with van der Waals surface area (Å²) < 4.78 is 5.66. The van der Waals surface area contributed by atoms with Crippen molar-refractivity contribution in [1.82, 2.24) is 4.90 Å². The number of amides is 1. The predicted molar refractivity (Wildman–Crippen MR) is 70.3 cm³/mol. The van der Waals surface area contributed by atoms with E-state index in [4.69, 9.17) is 9.84 Å². The average molecular weight is 279 g/mol. The largest absolute Gasteiger partial charge is 0.481 e. The molecule has 2 N–H and O–H groups in total. The maximum absolute atomic E-state index is 11.5. The van der Waals surface area contributed by atoms with Crippen molar-refractivity contribution in [1.29, 1.82) is 0 Å². The molecule has 2 rings (SSSR count). The molecule has 0 unspecified atom stereocenters. The zero-order chi connectivity index (χ0) is 14.9. The third kappa shape index (κ3) is 2.60. The van der Waals surface area contributed by atoms with Crippen LogP contribution in [0.4, 0.5) is 4.79 Å². The number of ether oxygens (including phenoxy) is 1. The summed E-state index contributed by atoms with van der Waals surface area (Å²) in [5.74, 6) is -1.01. The minimum Gasteiger partial charge on any atom is -0.481 e. The maximum atomic E-state index is 11.5. The van der Waals surface area contributed by atoms with E-state index in [2.05, 4.69) is 0 Å². The lowest BCUT2D eigenvalue weighted by Gasteiger charge is -2.31. The van der Waals surface area contributed by atoms with Gasteiger partial charge in [-0.15, -0.1) is 0 Å². The molecule has 1 aromatic carbocycles. The van der Waals surface area contributed by atoms with E-state index in [1.807, 2.05) is 6.07 Å². The number of nitrogens with zero attached hydrogens (tertiary/aromatic N) is 1. The molecule has 1 fully saturated rings. The molecule has 1 heterocycles. The van der Waals surface area contributed by atoms with Crippen LogP contribution in [0.5, 0.6) is 0 Å². The number of carbonyl (C=O) groups is 2. The number of benzene rings is 1. The summed E-state index contributed by atoms with van der Waals surface area (Å²) in [6, 6.07) is 8.33. The van der Waals surface area contributed by atoms with E-state index in [1.165, 1.54) is 4.90 Å². The Labute approximate surface area is 116 Å². The molecular formula is C14H17NO5. The average Bonchev–Trinajstić information content (AvgIpc) is 2.60. The van der Waals surface area contributed by atoms with E-state index in [0.717, 1.165) is 5.56 Å². The van der Waals surface area contributed by atoms with Gasteiger partial charge in [0, 0.05) is 0 Å². The highest BCUT2D eigenvalue weighted by Gasteiger charge is 2.51. The lowest BCUT2D eigenvalue weighted by Crippen LogP contribution is -2.44. The standard InChI is InChI=1S/C14H17NO5/c1-14(2)15(13(18)19)12(9-6-4-3-5-7-9)10(20-14)8-11(16)17/h3-7,10,12H,8H2,1-2H3,(H,16,17)(H,18,19)/t10-,12+/m1/s1. The van der Waals surface area contributed by atoms with Crippen molar-refractivity contribution >= 4 is 12.1 Å². The van der Waals surface area contributed by atoms with E-state index < -0.39 is 29.9 Å². The minimum absolute atomic E-state index is 0.243. The van der Waals surface area contributed by atoms with Crippen molar-refractivity contribution in [2.24, 2.45) is 0 Å². The van der Waals surface area contributed by atoms with Crippen LogP contribution in [0, 0.1) is 0 Å². The summed E-state index contributed by atoms with van der Waals surface area (Å²) in [6.07, 6.45) is -2.08. The molecule has 1 aliphatic rings. The Bertz CT molecular complexity index is 514. The molecule has 0 spiro atoms. The predicted octanol–water partition coefficient (Wildman–Crippen LogP) is 2.32. The van der Waals surface area contributed by atoms with Gasteiger partial charge in [0.05, 0.1) is 18.6 Å². The van der Waals surface area contributed by atoms with Crippen LogP contribution in [0.25, 0.3) is 0 Å². The van der Waals surface area contributed by atoms with E-state index in [1.54, 1.807) is 38.1 Å². The van der Waals surface area contributed by atoms with Crippen molar-refractivity contribution in [3.8, 4) is 0 Å². The SMILES string of the molecule is CC1(C)O[C@H](CC(=O)O)[C@H](c2ccccc2)N1C(=O)O. The molecule has 20 heavy (non-hydrogen) atoms. The van der Waals surface area contributed by atoms with Crippen LogP contribution in [-0.2, 0) is 9.53 Å². The molecule has 0 radical (unpaired) electrons. The van der Waals surface area contributed by atoms with Crippen LogP contribution in [0.3, 0.4) is 0 Å². The van der Waals surface area contributed by atoms with Crippen LogP contribution in [-0.4, -0.2) is 39.0 Å². The summed E-state index contributed by atoms with van der Waals surface area (Å²) in [5, 5.41) is 18.4. The quantitative estimate of drug-likeness (QED) is 0.886. The molecule has 1 saturated heterocycles. The smallest absolute Gasteiger partial charge is 0.410 e. The van der Waals surface area contributed by atoms with Gasteiger partial charge in [-0.05, 0) is 19.4 Å². The summed E-state index contributed by atoms with van der Waals surface area (Å²) in [4.78, 5) is 23.7. The van der Waals surface area contributed by atoms with E-state index in [-0.39, 0.29) is 6.42 Å². The number of hydrogen-bond acceptors (Lipinski definition) is 3. The second kappa shape index (κ2) is 5.13. The molecule has 0 bridgehead atoms. The summed E-state index contributed by atoms with van der Waals surface area (Å²) in [6.45, 7) is 3.25. The lowest BCUT2D eigenvalue weighted by molar-refractivity contribution is -0.141. The van der Waals surface area contributed by atoms with Crippen LogP contribution in [0.1, 0.15) is 31.9 Å². The van der Waals surface area contributed by atoms with Crippen molar-refractivity contribution in [3.05, 3.63) is 35.9 Å². The second-order valence-corrected chi connectivity index (χ2v) is 5.21. The van der Waals surface area contributed by atoms with Crippen molar-refractivity contribution in [2.45, 2.75) is 38.1 Å². The van der Waals surface area contributed by atoms with Crippen LogP contribution < -0.4 is 0 Å². The summed E-state index contributed by atoms with van der Waals surface area (Å²) in [5.41, 5.74) is -0.335. The van der Waals surface area contributed by atoms with Crippen LogP contribution >= 0.6 is 0 Å². The van der Waals surface area contributed by atoms with Gasteiger partial charge in [-0.1, -0.05) is 30.3 Å². The molecule has 1 aliphatic heterocycles. The van der Waals surface area contributed by atoms with Gasteiger partial charge in [-0.25, -0.2) is 4.79 Å². The van der Waals surface area contributed by atoms with Crippen molar-refractivity contribution in [3.63, 3.8) is 0 Å². The Morgan fingerprint density at radius 3 is 2.35 bits per heavy atom. The molecule has 6 heteroatoms. The van der Waals surface area contributed by atoms with Crippen molar-refractivity contribution < 1.29 is 24.5 Å². The molecule has 0 saturated carbocycles. The molecule has 6 nitrogen and oxygen atoms in total. The van der Waals surface area contributed by atoms with Gasteiger partial charge in [0.2, 0.25) is 0 Å². The number of rotatable bonds is 3. The Morgan fingerprint density at radius 1 is 1.25 bits per heavy atom. The number of carboxylic acid groups (broad SMARTS) is 2. The molecule has 1 aromatic rings. The number of carboxylic acids is 1. The first-order valence-electron chi connectivity index (χ1n) is 6.30. The lowest BCUT2D eigenvalue weighted by atomic mass is 9.98. The minimum atomic E-state index is -1.13. The Kier molecular flexibility index (Phi) is 3.67. The Morgan fingerprint density at radius 2 is 1.85 bits per heavy atom. The van der Waals surface area contributed by atoms with E-state index in [9.17, 15) is 14.7 Å². The van der Waals surface area contributed by atoms with Gasteiger partial charge >= 0.3 is 12.1 Å². The van der Waals surface area contributed by atoms with Gasteiger partial charge in [-0.2, -0.15) is 0 Å². The Balaban J connectivity index is 2.43. The van der Waals surface area contributed by atoms with Gasteiger partial charge in [0.15, 0.2) is 0 Å². The van der Waals surface area contributed by atoms with Gasteiger partial charge in [0.25, 0.3) is 0 Å². The second-order valence-electron chi connectivity index (χ2n) is 5.21. The van der Waals surface area contributed by atoms with Crippen LogP contribution in [0.15, 0.2) is 30.3 Å². The maximum Gasteiger partial charge on any atom is 0.410 e. The zero-order valence-corrected chi connectivity index (χ0v) is 11.3. The first-order valence-corrected chi connectivity index (χ1v) is 6.30. The highest BCUT2D eigenvalue weighted by atomic mass is 16.6. The van der Waals surface area contributed by atoms with Crippen LogP contribution in [0.2, 0.25) is 0 Å². The van der Waals surface area contributed by atoms with E-state index >= 15 is 0 Å². The topological polar surface area (TPSA) is 87.1 Å². The molecule has 108 valence electrons. The molecule has 2 atom stereocenters.